The standard InChI is InChI=1S/C43H26N4S/c1-2-12-27(13-3-1)46-37-20-10-6-16-31(37)42-32-17-7-11-21-38(32)47(43(42)46)41-25-34-33-24-28(22-23-39(33)48-40(34)26-44-41)45-35-18-8-4-14-29(35)30-15-5-9-19-36(30)45/h1-26H. The highest BCUT2D eigenvalue weighted by atomic mass is 32.1. The molecule has 11 aromatic rings. The van der Waals surface area contributed by atoms with Crippen LogP contribution in [0.1, 0.15) is 0 Å². The molecule has 11 rings (SSSR count). The summed E-state index contributed by atoms with van der Waals surface area (Å²) in [5, 5.41) is 8.72. The molecule has 0 unspecified atom stereocenters. The summed E-state index contributed by atoms with van der Waals surface area (Å²) in [6.45, 7) is 0. The van der Waals surface area contributed by atoms with Crippen molar-refractivity contribution in [3.8, 4) is 17.2 Å². The van der Waals surface area contributed by atoms with E-state index in [0.717, 1.165) is 28.4 Å². The van der Waals surface area contributed by atoms with Crippen LogP contribution >= 0.6 is 11.3 Å². The lowest BCUT2D eigenvalue weighted by Crippen LogP contribution is -2.03. The van der Waals surface area contributed by atoms with E-state index in [-0.39, 0.29) is 0 Å². The Labute approximate surface area is 278 Å². The fourth-order valence-corrected chi connectivity index (χ4v) is 8.93. The van der Waals surface area contributed by atoms with Gasteiger partial charge in [0.25, 0.3) is 0 Å². The fraction of sp³-hybridized carbons (Fsp3) is 0. The topological polar surface area (TPSA) is 27.7 Å². The molecule has 48 heavy (non-hydrogen) atoms. The SMILES string of the molecule is c1ccc(-n2c3ccccc3c3c4ccccc4n(-c4cc5c(cn4)sc4ccc(-n6c7ccccc7c7ccccc76)cc45)c32)cc1. The minimum Gasteiger partial charge on any atom is -0.309 e. The van der Waals surface area contributed by atoms with Gasteiger partial charge in [0.15, 0.2) is 0 Å². The molecule has 0 aliphatic carbocycles. The second-order valence-electron chi connectivity index (χ2n) is 12.4. The van der Waals surface area contributed by atoms with Gasteiger partial charge >= 0.3 is 0 Å². The Balaban J connectivity index is 1.21. The lowest BCUT2D eigenvalue weighted by Gasteiger charge is -2.12. The van der Waals surface area contributed by atoms with Crippen molar-refractivity contribution in [2.24, 2.45) is 0 Å². The predicted molar refractivity (Wildman–Crippen MR) is 203 cm³/mol. The first-order chi connectivity index (χ1) is 23.8. The van der Waals surface area contributed by atoms with E-state index in [0.29, 0.717) is 0 Å². The van der Waals surface area contributed by atoms with Crippen molar-refractivity contribution in [1.82, 2.24) is 18.7 Å². The zero-order valence-corrected chi connectivity index (χ0v) is 26.5. The molecule has 0 amide bonds. The zero-order chi connectivity index (χ0) is 31.3. The number of hydrogen-bond donors (Lipinski definition) is 0. The third kappa shape index (κ3) is 3.46. The van der Waals surface area contributed by atoms with Crippen LogP contribution in [0.25, 0.3) is 92.0 Å². The average Bonchev–Trinajstić information content (AvgIpc) is 3.87. The first-order valence-corrected chi connectivity index (χ1v) is 17.0. The molecule has 0 aliphatic rings. The predicted octanol–water partition coefficient (Wildman–Crippen LogP) is 11.6. The molecule has 0 fully saturated rings. The number of thiophene rings is 1. The average molecular weight is 631 g/mol. The lowest BCUT2D eigenvalue weighted by atomic mass is 10.1. The van der Waals surface area contributed by atoms with Crippen LogP contribution in [0, 0.1) is 0 Å². The van der Waals surface area contributed by atoms with Crippen molar-refractivity contribution < 1.29 is 0 Å². The summed E-state index contributed by atoms with van der Waals surface area (Å²) in [5.74, 6) is 0.913. The molecule has 5 aromatic heterocycles. The summed E-state index contributed by atoms with van der Waals surface area (Å²) in [5.41, 5.74) is 8.19. The molecule has 0 spiro atoms. The third-order valence-electron chi connectivity index (χ3n) is 9.88. The molecule has 0 N–H and O–H groups in total. The van der Waals surface area contributed by atoms with Gasteiger partial charge in [0.05, 0.1) is 26.8 Å². The van der Waals surface area contributed by atoms with Crippen LogP contribution in [0.2, 0.25) is 0 Å². The van der Waals surface area contributed by atoms with Crippen LogP contribution in [0.15, 0.2) is 158 Å². The van der Waals surface area contributed by atoms with Crippen molar-refractivity contribution in [1.29, 1.82) is 0 Å². The smallest absolute Gasteiger partial charge is 0.139 e. The summed E-state index contributed by atoms with van der Waals surface area (Å²) in [6.07, 6.45) is 2.06. The number of pyridine rings is 1. The fourth-order valence-electron chi connectivity index (χ4n) is 7.89. The summed E-state index contributed by atoms with van der Waals surface area (Å²) in [6, 6.07) is 54.7. The molecule has 0 atom stereocenters. The maximum Gasteiger partial charge on any atom is 0.139 e. The van der Waals surface area contributed by atoms with Gasteiger partial charge in [-0.15, -0.1) is 11.3 Å². The van der Waals surface area contributed by atoms with E-state index < -0.39 is 0 Å². The van der Waals surface area contributed by atoms with Gasteiger partial charge in [-0.2, -0.15) is 0 Å². The van der Waals surface area contributed by atoms with Crippen LogP contribution in [0.3, 0.4) is 0 Å². The molecule has 0 radical (unpaired) electrons. The van der Waals surface area contributed by atoms with Gasteiger partial charge in [-0.05, 0) is 60.7 Å². The molecule has 6 aromatic carbocycles. The normalized spacial score (nSPS) is 12.2. The summed E-state index contributed by atoms with van der Waals surface area (Å²) < 4.78 is 9.59. The van der Waals surface area contributed by atoms with Crippen LogP contribution in [0.4, 0.5) is 0 Å². The number of para-hydroxylation sites is 5. The van der Waals surface area contributed by atoms with Gasteiger partial charge < -0.3 is 4.57 Å². The van der Waals surface area contributed by atoms with E-state index in [2.05, 4.69) is 172 Å². The van der Waals surface area contributed by atoms with Crippen molar-refractivity contribution >= 4 is 86.2 Å². The van der Waals surface area contributed by atoms with Gasteiger partial charge in [-0.3, -0.25) is 9.13 Å². The number of nitrogens with zero attached hydrogens (tertiary/aromatic N) is 4. The molecular formula is C43H26N4S. The highest BCUT2D eigenvalue weighted by Crippen LogP contribution is 2.42. The Kier molecular flexibility index (Phi) is 5.23. The Hall–Kier alpha value is -6.17. The third-order valence-corrected chi connectivity index (χ3v) is 11.0. The number of benzene rings is 6. The Morgan fingerprint density at radius 3 is 1.60 bits per heavy atom. The second-order valence-corrected chi connectivity index (χ2v) is 13.5. The molecule has 0 saturated heterocycles. The first-order valence-electron chi connectivity index (χ1n) is 16.2. The van der Waals surface area contributed by atoms with Gasteiger partial charge in [-0.25, -0.2) is 4.98 Å². The zero-order valence-electron chi connectivity index (χ0n) is 25.7. The maximum absolute atomic E-state index is 5.16. The highest BCUT2D eigenvalue weighted by molar-refractivity contribution is 7.25. The van der Waals surface area contributed by atoms with Crippen molar-refractivity contribution in [2.75, 3.05) is 0 Å². The van der Waals surface area contributed by atoms with Crippen LogP contribution in [-0.2, 0) is 0 Å². The van der Waals surface area contributed by atoms with Crippen molar-refractivity contribution in [2.45, 2.75) is 0 Å². The number of aromatic nitrogens is 4. The molecule has 4 nitrogen and oxygen atoms in total. The van der Waals surface area contributed by atoms with E-state index in [4.69, 9.17) is 4.98 Å². The first kappa shape index (κ1) is 26.0. The van der Waals surface area contributed by atoms with E-state index in [1.54, 1.807) is 11.3 Å². The number of hydrogen-bond acceptors (Lipinski definition) is 2. The Morgan fingerprint density at radius 2 is 0.938 bits per heavy atom. The molecular weight excluding hydrogens is 605 g/mol. The van der Waals surface area contributed by atoms with Gasteiger partial charge in [0.2, 0.25) is 0 Å². The van der Waals surface area contributed by atoms with Crippen molar-refractivity contribution in [3.63, 3.8) is 0 Å². The number of rotatable bonds is 3. The van der Waals surface area contributed by atoms with Crippen LogP contribution in [-0.4, -0.2) is 18.7 Å². The minimum atomic E-state index is 0.913. The second kappa shape index (κ2) is 9.67. The lowest BCUT2D eigenvalue weighted by molar-refractivity contribution is 1.03. The van der Waals surface area contributed by atoms with E-state index in [1.807, 2.05) is 0 Å². The monoisotopic (exact) mass is 630 g/mol. The van der Waals surface area contributed by atoms with E-state index >= 15 is 0 Å². The van der Waals surface area contributed by atoms with Gasteiger partial charge in [-0.1, -0.05) is 91.0 Å². The molecule has 5 heterocycles. The van der Waals surface area contributed by atoms with Crippen LogP contribution in [0.5, 0.6) is 0 Å². The largest absolute Gasteiger partial charge is 0.309 e. The van der Waals surface area contributed by atoms with Crippen LogP contribution < -0.4 is 0 Å². The summed E-state index contributed by atoms with van der Waals surface area (Å²) >= 11 is 1.81. The van der Waals surface area contributed by atoms with E-state index in [1.165, 1.54) is 63.7 Å². The molecule has 0 saturated carbocycles. The van der Waals surface area contributed by atoms with Gasteiger partial charge in [0, 0.05) is 60.0 Å². The molecule has 0 bridgehead atoms. The molecule has 0 aliphatic heterocycles. The molecule has 224 valence electrons. The summed E-state index contributed by atoms with van der Waals surface area (Å²) in [4.78, 5) is 5.16. The highest BCUT2D eigenvalue weighted by Gasteiger charge is 2.23. The van der Waals surface area contributed by atoms with Gasteiger partial charge in [0.1, 0.15) is 11.5 Å². The Morgan fingerprint density at radius 1 is 0.396 bits per heavy atom. The minimum absolute atomic E-state index is 0.913. The maximum atomic E-state index is 5.16. The van der Waals surface area contributed by atoms with Crippen molar-refractivity contribution in [3.05, 3.63) is 158 Å². The quantitative estimate of drug-likeness (QED) is 0.191. The number of fused-ring (bicyclic) bond motifs is 11. The summed E-state index contributed by atoms with van der Waals surface area (Å²) in [7, 11) is 0. The Bertz CT molecular complexity index is 3010. The molecule has 5 heteroatoms. The van der Waals surface area contributed by atoms with E-state index in [9.17, 15) is 0 Å².